The molecule has 2 heterocycles. The van der Waals surface area contributed by atoms with Gasteiger partial charge in [-0.25, -0.2) is 0 Å². The molecular weight excluding hydrogens is 238 g/mol. The van der Waals surface area contributed by atoms with Gasteiger partial charge < -0.3 is 9.47 Å². The molecule has 2 aliphatic heterocycles. The Morgan fingerprint density at radius 3 is 2.00 bits per heavy atom. The van der Waals surface area contributed by atoms with Gasteiger partial charge in [0.15, 0.2) is 0 Å². The number of ether oxygens (including phenoxy) is 2. The van der Waals surface area contributed by atoms with Crippen LogP contribution in [0, 0.1) is 0 Å². The fourth-order valence-corrected chi connectivity index (χ4v) is 2.77. The third-order valence-corrected chi connectivity index (χ3v) is 3.49. The van der Waals surface area contributed by atoms with Crippen molar-refractivity contribution in [3.05, 3.63) is 11.6 Å². The summed E-state index contributed by atoms with van der Waals surface area (Å²) in [4.78, 5) is 2.32. The average molecular weight is 260 g/mol. The predicted molar refractivity (Wildman–Crippen MR) is 69.4 cm³/mol. The maximum absolute atomic E-state index is 5.93. The second kappa shape index (κ2) is 6.74. The molecule has 2 atom stereocenters. The molecule has 0 spiro atoms. The highest BCUT2D eigenvalue weighted by atomic mass is 35.5. The topological polar surface area (TPSA) is 21.7 Å². The van der Waals surface area contributed by atoms with E-state index in [1.54, 1.807) is 0 Å². The van der Waals surface area contributed by atoms with Crippen molar-refractivity contribution in [2.24, 2.45) is 0 Å². The Morgan fingerprint density at radius 2 is 1.65 bits per heavy atom. The van der Waals surface area contributed by atoms with Crippen LogP contribution >= 0.6 is 11.6 Å². The molecule has 2 rings (SSSR count). The first-order valence-corrected chi connectivity index (χ1v) is 6.90. The predicted octanol–water partition coefficient (Wildman–Crippen LogP) is 2.40. The monoisotopic (exact) mass is 259 g/mol. The van der Waals surface area contributed by atoms with E-state index in [4.69, 9.17) is 21.1 Å². The van der Waals surface area contributed by atoms with Gasteiger partial charge in [0.05, 0.1) is 12.2 Å². The van der Waals surface area contributed by atoms with Crippen molar-refractivity contribution < 1.29 is 9.47 Å². The molecule has 0 aromatic heterocycles. The number of rotatable bonds is 6. The number of hydrogen-bond donors (Lipinski definition) is 0. The summed E-state index contributed by atoms with van der Waals surface area (Å²) in [6, 6.07) is 0. The van der Waals surface area contributed by atoms with Gasteiger partial charge in [-0.05, 0) is 25.7 Å². The lowest BCUT2D eigenvalue weighted by Crippen LogP contribution is -2.38. The van der Waals surface area contributed by atoms with Crippen molar-refractivity contribution in [1.82, 2.24) is 4.90 Å². The Morgan fingerprint density at radius 1 is 1.12 bits per heavy atom. The number of hydrogen-bond acceptors (Lipinski definition) is 3. The highest BCUT2D eigenvalue weighted by Crippen LogP contribution is 2.18. The van der Waals surface area contributed by atoms with Crippen molar-refractivity contribution in [1.29, 1.82) is 0 Å². The van der Waals surface area contributed by atoms with Crippen LogP contribution in [-0.2, 0) is 9.47 Å². The normalized spacial score (nSPS) is 29.1. The number of halogens is 1. The zero-order valence-electron chi connectivity index (χ0n) is 10.4. The van der Waals surface area contributed by atoms with Crippen LogP contribution in [0.15, 0.2) is 11.6 Å². The molecule has 0 unspecified atom stereocenters. The SMILES string of the molecule is C=C(Cl)CN(C[C@H]1CCCO1)C[C@H]1CCCO1. The lowest BCUT2D eigenvalue weighted by atomic mass is 10.2. The summed E-state index contributed by atoms with van der Waals surface area (Å²) < 4.78 is 11.3. The Labute approximate surface area is 109 Å². The van der Waals surface area contributed by atoms with Crippen molar-refractivity contribution in [2.45, 2.75) is 37.9 Å². The summed E-state index contributed by atoms with van der Waals surface area (Å²) in [5.41, 5.74) is 0. The minimum atomic E-state index is 0.368. The van der Waals surface area contributed by atoms with Gasteiger partial charge in [0.2, 0.25) is 0 Å². The van der Waals surface area contributed by atoms with Crippen LogP contribution in [0.4, 0.5) is 0 Å². The Balaban J connectivity index is 1.80. The quantitative estimate of drug-likeness (QED) is 0.731. The molecule has 0 aromatic carbocycles. The molecule has 0 amide bonds. The third kappa shape index (κ3) is 4.59. The van der Waals surface area contributed by atoms with E-state index in [2.05, 4.69) is 11.5 Å². The highest BCUT2D eigenvalue weighted by Gasteiger charge is 2.23. The smallest absolute Gasteiger partial charge is 0.0703 e. The molecule has 0 saturated carbocycles. The van der Waals surface area contributed by atoms with Crippen molar-refractivity contribution >= 4 is 11.6 Å². The third-order valence-electron chi connectivity index (χ3n) is 3.37. The average Bonchev–Trinajstić information content (AvgIpc) is 2.89. The van der Waals surface area contributed by atoms with Crippen LogP contribution in [0.3, 0.4) is 0 Å². The van der Waals surface area contributed by atoms with Gasteiger partial charge in [0.25, 0.3) is 0 Å². The minimum Gasteiger partial charge on any atom is -0.377 e. The van der Waals surface area contributed by atoms with Crippen molar-refractivity contribution in [3.63, 3.8) is 0 Å². The zero-order valence-corrected chi connectivity index (χ0v) is 11.1. The molecule has 98 valence electrons. The van der Waals surface area contributed by atoms with Crippen LogP contribution in [0.1, 0.15) is 25.7 Å². The summed E-state index contributed by atoms with van der Waals surface area (Å²) in [5, 5.41) is 0.695. The molecule has 0 radical (unpaired) electrons. The van der Waals surface area contributed by atoms with E-state index < -0.39 is 0 Å². The molecular formula is C13H22ClNO2. The second-order valence-corrected chi connectivity index (χ2v) is 5.52. The van der Waals surface area contributed by atoms with Gasteiger partial charge in [-0.1, -0.05) is 18.2 Å². The Bertz CT molecular complexity index is 230. The standard InChI is InChI=1S/C13H22ClNO2/c1-11(14)8-15(9-12-4-2-6-16-12)10-13-5-3-7-17-13/h12-13H,1-10H2/t12-,13-/m1/s1. The van der Waals surface area contributed by atoms with E-state index in [-0.39, 0.29) is 0 Å². The van der Waals surface area contributed by atoms with Gasteiger partial charge in [-0.15, -0.1) is 0 Å². The summed E-state index contributed by atoms with van der Waals surface area (Å²) >= 11 is 5.93. The van der Waals surface area contributed by atoms with Gasteiger partial charge in [-0.2, -0.15) is 0 Å². The fourth-order valence-electron chi connectivity index (χ4n) is 2.60. The number of nitrogens with zero attached hydrogens (tertiary/aromatic N) is 1. The molecule has 0 bridgehead atoms. The molecule has 2 saturated heterocycles. The van der Waals surface area contributed by atoms with E-state index in [9.17, 15) is 0 Å². The zero-order chi connectivity index (χ0) is 12.1. The van der Waals surface area contributed by atoms with Gasteiger partial charge in [-0.3, -0.25) is 4.90 Å². The van der Waals surface area contributed by atoms with E-state index in [1.165, 1.54) is 12.8 Å². The van der Waals surface area contributed by atoms with Crippen LogP contribution in [0.25, 0.3) is 0 Å². The second-order valence-electron chi connectivity index (χ2n) is 4.98. The van der Waals surface area contributed by atoms with Crippen molar-refractivity contribution in [2.75, 3.05) is 32.8 Å². The fraction of sp³-hybridized carbons (Fsp3) is 0.846. The van der Waals surface area contributed by atoms with Crippen LogP contribution in [0.5, 0.6) is 0 Å². The van der Waals surface area contributed by atoms with Crippen LogP contribution in [0.2, 0.25) is 0 Å². The molecule has 0 aromatic rings. The van der Waals surface area contributed by atoms with E-state index in [1.807, 2.05) is 0 Å². The molecule has 2 aliphatic rings. The summed E-state index contributed by atoms with van der Waals surface area (Å²) in [6.07, 6.45) is 5.42. The first-order chi connectivity index (χ1) is 8.24. The lowest BCUT2D eigenvalue weighted by molar-refractivity contribution is 0.0417. The van der Waals surface area contributed by atoms with Crippen LogP contribution in [-0.4, -0.2) is 50.0 Å². The van der Waals surface area contributed by atoms with Gasteiger partial charge in [0, 0.05) is 37.9 Å². The molecule has 2 fully saturated rings. The highest BCUT2D eigenvalue weighted by molar-refractivity contribution is 6.29. The Kier molecular flexibility index (Phi) is 5.29. The summed E-state index contributed by atoms with van der Waals surface area (Å²) in [6.45, 7) is 8.23. The first-order valence-electron chi connectivity index (χ1n) is 6.53. The molecule has 0 aliphatic carbocycles. The largest absolute Gasteiger partial charge is 0.377 e. The molecule has 4 heteroatoms. The van der Waals surface area contributed by atoms with Gasteiger partial charge in [0.1, 0.15) is 0 Å². The van der Waals surface area contributed by atoms with Gasteiger partial charge >= 0.3 is 0 Å². The summed E-state index contributed by atoms with van der Waals surface area (Å²) in [7, 11) is 0. The minimum absolute atomic E-state index is 0.368. The summed E-state index contributed by atoms with van der Waals surface area (Å²) in [5.74, 6) is 0. The maximum Gasteiger partial charge on any atom is 0.0703 e. The molecule has 17 heavy (non-hydrogen) atoms. The lowest BCUT2D eigenvalue weighted by Gasteiger charge is -2.27. The molecule has 0 N–H and O–H groups in total. The molecule has 3 nitrogen and oxygen atoms in total. The maximum atomic E-state index is 5.93. The van der Waals surface area contributed by atoms with E-state index in [0.29, 0.717) is 17.2 Å². The first kappa shape index (κ1) is 13.3. The van der Waals surface area contributed by atoms with E-state index >= 15 is 0 Å². The van der Waals surface area contributed by atoms with Crippen molar-refractivity contribution in [3.8, 4) is 0 Å². The van der Waals surface area contributed by atoms with E-state index in [0.717, 1.165) is 45.7 Å². The van der Waals surface area contributed by atoms with Crippen LogP contribution < -0.4 is 0 Å². The Hall–Kier alpha value is -0.0900.